The van der Waals surface area contributed by atoms with Gasteiger partial charge in [0.2, 0.25) is 10.0 Å². The minimum absolute atomic E-state index is 0.112. The second-order valence-electron chi connectivity index (χ2n) is 5.64. The van der Waals surface area contributed by atoms with Crippen LogP contribution in [0.1, 0.15) is 28.8 Å². The largest absolute Gasteiger partial charge is 0.348 e. The summed E-state index contributed by atoms with van der Waals surface area (Å²) < 4.78 is 24.5. The van der Waals surface area contributed by atoms with Crippen LogP contribution in [0.25, 0.3) is 0 Å². The monoisotopic (exact) mass is 341 g/mol. The number of benzene rings is 1. The molecule has 1 atom stereocenters. The molecular weight excluding hydrogens is 322 g/mol. The van der Waals surface area contributed by atoms with Crippen LogP contribution in [-0.4, -0.2) is 48.9 Å². The van der Waals surface area contributed by atoms with Gasteiger partial charge in [0.25, 0.3) is 11.6 Å². The van der Waals surface area contributed by atoms with Crippen molar-refractivity contribution in [3.05, 3.63) is 39.4 Å². The number of carbonyl (C=O) groups is 1. The Balaban J connectivity index is 2.14. The number of piperidine rings is 1. The molecule has 0 radical (unpaired) electrons. The van der Waals surface area contributed by atoms with E-state index in [4.69, 9.17) is 0 Å². The summed E-state index contributed by atoms with van der Waals surface area (Å²) in [6, 6.07) is 4.03. The molecule has 1 aromatic rings. The van der Waals surface area contributed by atoms with Crippen molar-refractivity contribution in [2.24, 2.45) is 0 Å². The molecule has 1 aliphatic heterocycles. The van der Waals surface area contributed by atoms with Crippen LogP contribution < -0.4 is 5.32 Å². The third-order valence-electron chi connectivity index (χ3n) is 3.93. The molecule has 1 unspecified atom stereocenters. The SMILES string of the molecule is Cc1c(C(=O)NC2CCCN(S(C)(=O)=O)C2)cccc1[N+](=O)[O-]. The van der Waals surface area contributed by atoms with Crippen molar-refractivity contribution in [3.63, 3.8) is 0 Å². The zero-order valence-corrected chi connectivity index (χ0v) is 13.8. The Bertz CT molecular complexity index is 732. The molecule has 0 saturated carbocycles. The van der Waals surface area contributed by atoms with Crippen molar-refractivity contribution in [2.45, 2.75) is 25.8 Å². The highest BCUT2D eigenvalue weighted by Crippen LogP contribution is 2.21. The van der Waals surface area contributed by atoms with E-state index in [0.717, 1.165) is 6.26 Å². The van der Waals surface area contributed by atoms with Gasteiger partial charge in [-0.15, -0.1) is 0 Å². The highest BCUT2D eigenvalue weighted by molar-refractivity contribution is 7.88. The first-order chi connectivity index (χ1) is 10.7. The Morgan fingerprint density at radius 1 is 1.43 bits per heavy atom. The lowest BCUT2D eigenvalue weighted by atomic mass is 10.0. The summed E-state index contributed by atoms with van der Waals surface area (Å²) in [5.41, 5.74) is 0.417. The lowest BCUT2D eigenvalue weighted by molar-refractivity contribution is -0.385. The van der Waals surface area contributed by atoms with E-state index in [-0.39, 0.29) is 23.8 Å². The van der Waals surface area contributed by atoms with Crippen molar-refractivity contribution < 1.29 is 18.1 Å². The maximum atomic E-state index is 12.4. The lowest BCUT2D eigenvalue weighted by Gasteiger charge is -2.31. The van der Waals surface area contributed by atoms with Crippen LogP contribution in [0.3, 0.4) is 0 Å². The number of rotatable bonds is 4. The Kier molecular flexibility index (Phi) is 5.00. The molecule has 0 spiro atoms. The minimum Gasteiger partial charge on any atom is -0.348 e. The quantitative estimate of drug-likeness (QED) is 0.650. The van der Waals surface area contributed by atoms with Crippen LogP contribution in [0.2, 0.25) is 0 Å². The van der Waals surface area contributed by atoms with Gasteiger partial charge in [-0.1, -0.05) is 6.07 Å². The fraction of sp³-hybridized carbons (Fsp3) is 0.500. The summed E-state index contributed by atoms with van der Waals surface area (Å²) in [6.07, 6.45) is 2.47. The lowest BCUT2D eigenvalue weighted by Crippen LogP contribution is -2.49. The summed E-state index contributed by atoms with van der Waals surface area (Å²) in [7, 11) is -3.29. The standard InChI is InChI=1S/C14H19N3O5S/c1-10-12(6-3-7-13(10)17(19)20)14(18)15-11-5-4-8-16(9-11)23(2,21)22/h3,6-7,11H,4-5,8-9H2,1-2H3,(H,15,18). The number of sulfonamides is 1. The summed E-state index contributed by atoms with van der Waals surface area (Å²) in [4.78, 5) is 22.8. The third kappa shape index (κ3) is 4.05. The average Bonchev–Trinajstić information content (AvgIpc) is 2.46. The molecule has 0 aliphatic carbocycles. The molecule has 1 saturated heterocycles. The summed E-state index contributed by atoms with van der Waals surface area (Å²) in [5.74, 6) is -0.424. The van der Waals surface area contributed by atoms with E-state index in [9.17, 15) is 23.3 Å². The number of amides is 1. The summed E-state index contributed by atoms with van der Waals surface area (Å²) in [5, 5.41) is 13.7. The van der Waals surface area contributed by atoms with Crippen LogP contribution in [0.15, 0.2) is 18.2 Å². The molecular formula is C14H19N3O5S. The van der Waals surface area contributed by atoms with Gasteiger partial charge in [0.05, 0.1) is 11.2 Å². The summed E-state index contributed by atoms with van der Waals surface area (Å²) >= 11 is 0. The van der Waals surface area contributed by atoms with E-state index < -0.39 is 20.9 Å². The van der Waals surface area contributed by atoms with Gasteiger partial charge in [-0.25, -0.2) is 12.7 Å². The molecule has 0 bridgehead atoms. The maximum Gasteiger partial charge on any atom is 0.273 e. The van der Waals surface area contributed by atoms with Crippen LogP contribution in [0.4, 0.5) is 5.69 Å². The van der Waals surface area contributed by atoms with Crippen molar-refractivity contribution in [2.75, 3.05) is 19.3 Å². The highest BCUT2D eigenvalue weighted by atomic mass is 32.2. The Morgan fingerprint density at radius 3 is 2.74 bits per heavy atom. The zero-order chi connectivity index (χ0) is 17.2. The van der Waals surface area contributed by atoms with Crippen LogP contribution in [-0.2, 0) is 10.0 Å². The van der Waals surface area contributed by atoms with Crippen LogP contribution >= 0.6 is 0 Å². The Hall–Kier alpha value is -2.00. The van der Waals surface area contributed by atoms with E-state index in [2.05, 4.69) is 5.32 Å². The molecule has 8 nitrogen and oxygen atoms in total. The molecule has 23 heavy (non-hydrogen) atoms. The number of nitro benzene ring substituents is 1. The average molecular weight is 341 g/mol. The highest BCUT2D eigenvalue weighted by Gasteiger charge is 2.28. The van der Waals surface area contributed by atoms with Gasteiger partial charge < -0.3 is 5.32 Å². The van der Waals surface area contributed by atoms with Gasteiger partial charge in [-0.2, -0.15) is 0 Å². The number of nitrogens with zero attached hydrogens (tertiary/aromatic N) is 2. The normalized spacial score (nSPS) is 19.3. The molecule has 1 fully saturated rings. The summed E-state index contributed by atoms with van der Waals surface area (Å²) in [6.45, 7) is 2.19. The van der Waals surface area contributed by atoms with Crippen molar-refractivity contribution >= 4 is 21.6 Å². The Morgan fingerprint density at radius 2 is 2.13 bits per heavy atom. The molecule has 1 aliphatic rings. The smallest absolute Gasteiger partial charge is 0.273 e. The first-order valence-corrected chi connectivity index (χ1v) is 9.05. The van der Waals surface area contributed by atoms with E-state index in [0.29, 0.717) is 24.9 Å². The van der Waals surface area contributed by atoms with Crippen molar-refractivity contribution in [1.82, 2.24) is 9.62 Å². The van der Waals surface area contributed by atoms with Gasteiger partial charge in [-0.05, 0) is 25.8 Å². The van der Waals surface area contributed by atoms with Gasteiger partial charge in [0, 0.05) is 36.3 Å². The second-order valence-corrected chi connectivity index (χ2v) is 7.62. The number of carbonyl (C=O) groups excluding carboxylic acids is 1. The van der Waals surface area contributed by atoms with Gasteiger partial charge in [-0.3, -0.25) is 14.9 Å². The fourth-order valence-corrected chi connectivity index (χ4v) is 3.60. The first-order valence-electron chi connectivity index (χ1n) is 7.20. The number of nitro groups is 1. The maximum absolute atomic E-state index is 12.4. The van der Waals surface area contributed by atoms with Gasteiger partial charge >= 0.3 is 0 Å². The van der Waals surface area contributed by atoms with E-state index in [1.165, 1.54) is 29.4 Å². The van der Waals surface area contributed by atoms with Crippen molar-refractivity contribution in [3.8, 4) is 0 Å². The van der Waals surface area contributed by atoms with Crippen LogP contribution in [0, 0.1) is 17.0 Å². The molecule has 126 valence electrons. The predicted molar refractivity (Wildman–Crippen MR) is 84.7 cm³/mol. The van der Waals surface area contributed by atoms with Crippen LogP contribution in [0.5, 0.6) is 0 Å². The van der Waals surface area contributed by atoms with Gasteiger partial charge in [0.15, 0.2) is 0 Å². The number of hydrogen-bond acceptors (Lipinski definition) is 5. The van der Waals surface area contributed by atoms with Gasteiger partial charge in [0.1, 0.15) is 0 Å². The van der Waals surface area contributed by atoms with E-state index in [1.54, 1.807) is 0 Å². The second kappa shape index (κ2) is 6.63. The molecule has 2 rings (SSSR count). The fourth-order valence-electron chi connectivity index (χ4n) is 2.69. The molecule has 9 heteroatoms. The third-order valence-corrected chi connectivity index (χ3v) is 5.20. The first kappa shape index (κ1) is 17.4. The van der Waals surface area contributed by atoms with E-state index in [1.807, 2.05) is 0 Å². The van der Waals surface area contributed by atoms with E-state index >= 15 is 0 Å². The molecule has 1 N–H and O–H groups in total. The Labute approximate surface area is 134 Å². The molecule has 1 aromatic carbocycles. The predicted octanol–water partition coefficient (Wildman–Crippen LogP) is 1.06. The molecule has 1 amide bonds. The number of hydrogen-bond donors (Lipinski definition) is 1. The molecule has 0 aromatic heterocycles. The minimum atomic E-state index is -3.29. The van der Waals surface area contributed by atoms with Crippen molar-refractivity contribution in [1.29, 1.82) is 0 Å². The zero-order valence-electron chi connectivity index (χ0n) is 13.0. The molecule has 1 heterocycles. The topological polar surface area (TPSA) is 110 Å². The number of nitrogens with one attached hydrogen (secondary N) is 1.